The smallest absolute Gasteiger partial charge is 0.350 e. The number of nitrogens with one attached hydrogen (secondary N) is 1. The Morgan fingerprint density at radius 1 is 1.22 bits per heavy atom. The van der Waals surface area contributed by atoms with Gasteiger partial charge in [0, 0.05) is 18.2 Å². The largest absolute Gasteiger partial charge is 0.462 e. The molecule has 1 aromatic heterocycles. The van der Waals surface area contributed by atoms with E-state index in [4.69, 9.17) is 4.74 Å². The van der Waals surface area contributed by atoms with Crippen molar-refractivity contribution in [1.82, 2.24) is 9.88 Å². The van der Waals surface area contributed by atoms with Gasteiger partial charge >= 0.3 is 5.97 Å². The van der Waals surface area contributed by atoms with Gasteiger partial charge in [0.15, 0.2) is 5.13 Å². The van der Waals surface area contributed by atoms with Gasteiger partial charge in [-0.1, -0.05) is 30.4 Å². The number of aryl methyl sites for hydroxylation is 1. The summed E-state index contributed by atoms with van der Waals surface area (Å²) in [6.07, 6.45) is 0. The molecular formula is C20H27N3O3S. The van der Waals surface area contributed by atoms with Gasteiger partial charge in [0.05, 0.1) is 12.3 Å². The molecule has 2 rings (SSSR count). The fourth-order valence-electron chi connectivity index (χ4n) is 2.66. The lowest BCUT2D eigenvalue weighted by molar-refractivity contribution is 0.0531. The number of esters is 1. The van der Waals surface area contributed by atoms with E-state index in [1.807, 2.05) is 24.3 Å². The Morgan fingerprint density at radius 3 is 2.44 bits per heavy atom. The van der Waals surface area contributed by atoms with Crippen molar-refractivity contribution in [2.45, 2.75) is 47.2 Å². The van der Waals surface area contributed by atoms with Crippen molar-refractivity contribution in [2.24, 2.45) is 0 Å². The molecule has 0 aliphatic heterocycles. The van der Waals surface area contributed by atoms with Gasteiger partial charge in [0.1, 0.15) is 4.88 Å². The molecule has 0 fully saturated rings. The molecule has 1 amide bonds. The highest BCUT2D eigenvalue weighted by molar-refractivity contribution is 7.17. The van der Waals surface area contributed by atoms with E-state index in [1.54, 1.807) is 13.8 Å². The third kappa shape index (κ3) is 5.61. The van der Waals surface area contributed by atoms with E-state index < -0.39 is 5.97 Å². The first-order valence-corrected chi connectivity index (χ1v) is 9.96. The Hall–Kier alpha value is -2.25. The number of carbonyl (C=O) groups is 2. The fourth-order valence-corrected chi connectivity index (χ4v) is 3.52. The quantitative estimate of drug-likeness (QED) is 0.688. The van der Waals surface area contributed by atoms with Crippen LogP contribution in [0.25, 0.3) is 0 Å². The SMILES string of the molecule is CCOC(=O)c1sc(NC(=O)c2ccc(CN(CC)C(C)C)cc2)nc1C. The maximum Gasteiger partial charge on any atom is 0.350 e. The number of ether oxygens (including phenoxy) is 1. The second-order valence-corrected chi connectivity index (χ2v) is 7.46. The summed E-state index contributed by atoms with van der Waals surface area (Å²) in [5.74, 6) is -0.662. The summed E-state index contributed by atoms with van der Waals surface area (Å²) >= 11 is 1.12. The van der Waals surface area contributed by atoms with Crippen LogP contribution in [0.3, 0.4) is 0 Å². The van der Waals surface area contributed by atoms with E-state index in [2.05, 4.69) is 36.0 Å². The topological polar surface area (TPSA) is 71.5 Å². The Morgan fingerprint density at radius 2 is 1.89 bits per heavy atom. The van der Waals surface area contributed by atoms with Gasteiger partial charge in [-0.2, -0.15) is 0 Å². The van der Waals surface area contributed by atoms with Gasteiger partial charge in [0.2, 0.25) is 0 Å². The zero-order valence-corrected chi connectivity index (χ0v) is 17.4. The molecule has 0 saturated carbocycles. The second kappa shape index (κ2) is 9.62. The average Bonchev–Trinajstić information content (AvgIpc) is 3.00. The highest BCUT2D eigenvalue weighted by Crippen LogP contribution is 2.24. The molecule has 7 heteroatoms. The zero-order chi connectivity index (χ0) is 20.0. The van der Waals surface area contributed by atoms with E-state index in [0.29, 0.717) is 33.9 Å². The monoisotopic (exact) mass is 389 g/mol. The van der Waals surface area contributed by atoms with Crippen LogP contribution in [0, 0.1) is 6.92 Å². The molecule has 0 bridgehead atoms. The summed E-state index contributed by atoms with van der Waals surface area (Å²) in [6, 6.07) is 8.03. The molecule has 146 valence electrons. The van der Waals surface area contributed by atoms with E-state index in [0.717, 1.165) is 30.0 Å². The van der Waals surface area contributed by atoms with Gasteiger partial charge in [-0.05, 0) is 51.9 Å². The predicted molar refractivity (Wildman–Crippen MR) is 108 cm³/mol. The first-order valence-electron chi connectivity index (χ1n) is 9.14. The number of amides is 1. The summed E-state index contributed by atoms with van der Waals surface area (Å²) in [4.78, 5) is 31.3. The molecule has 0 saturated heterocycles. The van der Waals surface area contributed by atoms with Crippen molar-refractivity contribution >= 4 is 28.3 Å². The molecule has 0 unspecified atom stereocenters. The molecule has 0 spiro atoms. The van der Waals surface area contributed by atoms with Crippen LogP contribution in [0.5, 0.6) is 0 Å². The van der Waals surface area contributed by atoms with E-state index in [-0.39, 0.29) is 5.91 Å². The first kappa shape index (κ1) is 21.1. The molecule has 6 nitrogen and oxygen atoms in total. The lowest BCUT2D eigenvalue weighted by Gasteiger charge is -2.24. The molecule has 2 aromatic rings. The lowest BCUT2D eigenvalue weighted by atomic mass is 10.1. The van der Waals surface area contributed by atoms with Gasteiger partial charge in [-0.25, -0.2) is 9.78 Å². The maximum atomic E-state index is 12.5. The summed E-state index contributed by atoms with van der Waals surface area (Å²) < 4.78 is 5.00. The number of hydrogen-bond donors (Lipinski definition) is 1. The van der Waals surface area contributed by atoms with Crippen LogP contribution in [-0.4, -0.2) is 41.0 Å². The highest BCUT2D eigenvalue weighted by atomic mass is 32.1. The predicted octanol–water partition coefficient (Wildman–Crippen LogP) is 4.11. The van der Waals surface area contributed by atoms with E-state index in [9.17, 15) is 9.59 Å². The molecule has 27 heavy (non-hydrogen) atoms. The maximum absolute atomic E-state index is 12.5. The standard InChI is InChI=1S/C20H27N3O3S/c1-6-23(13(3)4)12-15-8-10-16(11-9-15)18(24)22-20-21-14(5)17(27-20)19(25)26-7-2/h8-11,13H,6-7,12H2,1-5H3,(H,21,22,24). The van der Waals surface area contributed by atoms with Gasteiger partial charge in [-0.3, -0.25) is 15.0 Å². The number of aromatic nitrogens is 1. The van der Waals surface area contributed by atoms with Crippen LogP contribution in [-0.2, 0) is 11.3 Å². The third-order valence-electron chi connectivity index (χ3n) is 4.22. The Bertz CT molecular complexity index is 784. The Balaban J connectivity index is 2.04. The number of benzene rings is 1. The third-order valence-corrected chi connectivity index (χ3v) is 5.27. The number of rotatable bonds is 8. The van der Waals surface area contributed by atoms with E-state index in [1.165, 1.54) is 0 Å². The minimum Gasteiger partial charge on any atom is -0.462 e. The normalized spacial score (nSPS) is 11.1. The zero-order valence-electron chi connectivity index (χ0n) is 16.5. The number of thiazole rings is 1. The van der Waals surface area contributed by atoms with Crippen molar-refractivity contribution in [3.05, 3.63) is 46.0 Å². The van der Waals surface area contributed by atoms with Crippen LogP contribution in [0.2, 0.25) is 0 Å². The first-order chi connectivity index (χ1) is 12.8. The molecule has 0 aliphatic carbocycles. The molecule has 1 aromatic carbocycles. The second-order valence-electron chi connectivity index (χ2n) is 6.46. The van der Waals surface area contributed by atoms with Gasteiger partial charge in [-0.15, -0.1) is 0 Å². The number of anilines is 1. The van der Waals surface area contributed by atoms with Crippen LogP contribution >= 0.6 is 11.3 Å². The Labute approximate surface area is 164 Å². The highest BCUT2D eigenvalue weighted by Gasteiger charge is 2.18. The van der Waals surface area contributed by atoms with Crippen molar-refractivity contribution in [1.29, 1.82) is 0 Å². The fraction of sp³-hybridized carbons (Fsp3) is 0.450. The molecule has 0 radical (unpaired) electrons. The van der Waals surface area contributed by atoms with Gasteiger partial charge in [0.25, 0.3) is 5.91 Å². The molecule has 0 aliphatic rings. The summed E-state index contributed by atoms with van der Waals surface area (Å²) in [5, 5.41) is 3.15. The van der Waals surface area contributed by atoms with Crippen molar-refractivity contribution in [2.75, 3.05) is 18.5 Å². The summed E-state index contributed by atoms with van der Waals surface area (Å²) in [7, 11) is 0. The number of carbonyl (C=O) groups excluding carboxylic acids is 2. The summed E-state index contributed by atoms with van der Waals surface area (Å²) in [6.45, 7) is 12.1. The minimum atomic E-state index is -0.414. The molecular weight excluding hydrogens is 362 g/mol. The van der Waals surface area contributed by atoms with Crippen LogP contribution in [0.1, 0.15) is 59.0 Å². The van der Waals surface area contributed by atoms with Crippen molar-refractivity contribution < 1.29 is 14.3 Å². The average molecular weight is 390 g/mol. The van der Waals surface area contributed by atoms with Crippen molar-refractivity contribution in [3.63, 3.8) is 0 Å². The summed E-state index contributed by atoms with van der Waals surface area (Å²) in [5.41, 5.74) is 2.27. The van der Waals surface area contributed by atoms with Gasteiger partial charge < -0.3 is 4.74 Å². The van der Waals surface area contributed by atoms with E-state index >= 15 is 0 Å². The van der Waals surface area contributed by atoms with Crippen LogP contribution in [0.15, 0.2) is 24.3 Å². The molecule has 0 atom stereocenters. The number of hydrogen-bond acceptors (Lipinski definition) is 6. The van der Waals surface area contributed by atoms with Crippen LogP contribution < -0.4 is 5.32 Å². The Kier molecular flexibility index (Phi) is 7.50. The molecule has 1 heterocycles. The van der Waals surface area contributed by atoms with Crippen LogP contribution in [0.4, 0.5) is 5.13 Å². The lowest BCUT2D eigenvalue weighted by Crippen LogP contribution is -2.29. The number of nitrogens with zero attached hydrogens (tertiary/aromatic N) is 2. The minimum absolute atomic E-state index is 0.248. The van der Waals surface area contributed by atoms with Crippen molar-refractivity contribution in [3.8, 4) is 0 Å². The molecule has 1 N–H and O–H groups in total.